The number of likely N-dealkylation sites (tertiary alicyclic amines) is 1. The number of rotatable bonds is 4. The predicted octanol–water partition coefficient (Wildman–Crippen LogP) is 6.92. The molecule has 0 aliphatic carbocycles. The first-order chi connectivity index (χ1) is 16.2. The Hall–Kier alpha value is -3.64. The van der Waals surface area contributed by atoms with Crippen molar-refractivity contribution in [3.05, 3.63) is 89.6 Å². The van der Waals surface area contributed by atoms with E-state index in [1.807, 2.05) is 41.4 Å². The van der Waals surface area contributed by atoms with Crippen LogP contribution in [0.5, 0.6) is 0 Å². The van der Waals surface area contributed by atoms with Crippen molar-refractivity contribution in [3.8, 4) is 11.1 Å². The fourth-order valence-electron chi connectivity index (χ4n) is 4.54. The van der Waals surface area contributed by atoms with Gasteiger partial charge in [0.1, 0.15) is 11.6 Å². The molecule has 0 bridgehead atoms. The largest absolute Gasteiger partial charge is 0.445 e. The third-order valence-corrected chi connectivity index (χ3v) is 7.39. The zero-order valence-electron chi connectivity index (χ0n) is 18.0. The van der Waals surface area contributed by atoms with E-state index in [0.717, 1.165) is 39.1 Å². The van der Waals surface area contributed by atoms with Gasteiger partial charge in [0, 0.05) is 18.3 Å². The molecule has 164 valence electrons. The highest BCUT2D eigenvalue weighted by Gasteiger charge is 2.33. The molecule has 1 atom stereocenters. The first-order valence-corrected chi connectivity index (χ1v) is 12.0. The summed E-state index contributed by atoms with van der Waals surface area (Å²) in [5, 5.41) is 2.19. The van der Waals surface area contributed by atoms with Crippen LogP contribution >= 0.6 is 11.3 Å². The second kappa shape index (κ2) is 8.37. The van der Waals surface area contributed by atoms with E-state index in [-0.39, 0.29) is 18.7 Å². The highest BCUT2D eigenvalue weighted by Crippen LogP contribution is 2.38. The number of carbonyl (C=O) groups excluding carboxylic acids is 1. The topological polar surface area (TPSA) is 58.2 Å². The maximum Gasteiger partial charge on any atom is 0.410 e. The van der Waals surface area contributed by atoms with Crippen LogP contribution in [0.25, 0.3) is 32.2 Å². The van der Waals surface area contributed by atoms with Gasteiger partial charge in [-0.15, -0.1) is 11.3 Å². The van der Waals surface area contributed by atoms with E-state index < -0.39 is 0 Å². The van der Waals surface area contributed by atoms with Crippen molar-refractivity contribution in [2.75, 3.05) is 6.54 Å². The lowest BCUT2D eigenvalue weighted by molar-refractivity contribution is 0.0920. The van der Waals surface area contributed by atoms with E-state index >= 15 is 0 Å². The van der Waals surface area contributed by atoms with Crippen molar-refractivity contribution < 1.29 is 9.53 Å². The maximum absolute atomic E-state index is 12.8. The number of hydrogen-bond donors (Lipinski definition) is 1. The predicted molar refractivity (Wildman–Crippen MR) is 132 cm³/mol. The van der Waals surface area contributed by atoms with Gasteiger partial charge in [-0.2, -0.15) is 0 Å². The number of aromatic amines is 1. The number of amides is 1. The fourth-order valence-corrected chi connectivity index (χ4v) is 5.70. The second-order valence-corrected chi connectivity index (χ2v) is 9.47. The number of ether oxygens (including phenoxy) is 1. The Morgan fingerprint density at radius 2 is 1.91 bits per heavy atom. The molecule has 1 fully saturated rings. The summed E-state index contributed by atoms with van der Waals surface area (Å²) in [5.41, 5.74) is 5.47. The van der Waals surface area contributed by atoms with Crippen molar-refractivity contribution in [3.63, 3.8) is 0 Å². The van der Waals surface area contributed by atoms with Gasteiger partial charge in [0.05, 0.1) is 16.3 Å². The molecule has 0 saturated carbocycles. The number of benzene rings is 3. The van der Waals surface area contributed by atoms with Crippen molar-refractivity contribution in [2.24, 2.45) is 0 Å². The van der Waals surface area contributed by atoms with Crippen LogP contribution in [0.3, 0.4) is 0 Å². The maximum atomic E-state index is 12.8. The molecule has 6 rings (SSSR count). The van der Waals surface area contributed by atoms with Gasteiger partial charge in [-0.05, 0) is 65.3 Å². The molecule has 1 amide bonds. The summed E-state index contributed by atoms with van der Waals surface area (Å²) in [7, 11) is 0. The normalized spacial score (nSPS) is 16.0. The van der Waals surface area contributed by atoms with E-state index in [4.69, 9.17) is 9.72 Å². The highest BCUT2D eigenvalue weighted by atomic mass is 32.1. The van der Waals surface area contributed by atoms with E-state index in [9.17, 15) is 4.79 Å². The summed E-state index contributed by atoms with van der Waals surface area (Å²) in [6.45, 7) is 0.994. The molecule has 5 nitrogen and oxygen atoms in total. The van der Waals surface area contributed by atoms with Crippen LogP contribution in [0.15, 0.2) is 79.0 Å². The van der Waals surface area contributed by atoms with E-state index in [1.165, 1.54) is 16.5 Å². The van der Waals surface area contributed by atoms with E-state index in [0.29, 0.717) is 6.54 Å². The molecule has 5 aromatic rings. The minimum atomic E-state index is -0.263. The molecule has 33 heavy (non-hydrogen) atoms. The molecule has 1 aliphatic rings. The van der Waals surface area contributed by atoms with Crippen LogP contribution in [0.1, 0.15) is 29.5 Å². The Morgan fingerprint density at radius 3 is 2.82 bits per heavy atom. The van der Waals surface area contributed by atoms with Gasteiger partial charge in [-0.1, -0.05) is 42.5 Å². The van der Waals surface area contributed by atoms with Crippen molar-refractivity contribution in [1.29, 1.82) is 0 Å². The number of thiazole rings is 1. The molecule has 0 radical (unpaired) electrons. The average Bonchev–Trinajstić information content (AvgIpc) is 3.61. The van der Waals surface area contributed by atoms with Crippen LogP contribution in [0.4, 0.5) is 4.79 Å². The standard InChI is InChI=1S/C27H23N3O2S/c31-27(32-17-18-5-2-1-3-6-18)30-14-4-7-24(30)26-29-23-11-9-20(16-25(23)33-26)19-8-10-22-21(15-19)12-13-28-22/h1-3,5-6,8-13,15-16,24,28H,4,7,14,17H2/t24-/m0/s1. The lowest BCUT2D eigenvalue weighted by atomic mass is 10.0. The van der Waals surface area contributed by atoms with Crippen LogP contribution < -0.4 is 0 Å². The van der Waals surface area contributed by atoms with Gasteiger partial charge in [-0.25, -0.2) is 9.78 Å². The minimum Gasteiger partial charge on any atom is -0.445 e. The van der Waals surface area contributed by atoms with Crippen molar-refractivity contribution >= 4 is 38.5 Å². The Labute approximate surface area is 195 Å². The van der Waals surface area contributed by atoms with Crippen LogP contribution in [0, 0.1) is 0 Å². The van der Waals surface area contributed by atoms with Gasteiger partial charge in [-0.3, -0.25) is 4.90 Å². The summed E-state index contributed by atoms with van der Waals surface area (Å²) < 4.78 is 6.74. The number of fused-ring (bicyclic) bond motifs is 2. The first-order valence-electron chi connectivity index (χ1n) is 11.2. The molecule has 3 heterocycles. The smallest absolute Gasteiger partial charge is 0.410 e. The first kappa shape index (κ1) is 20.0. The lowest BCUT2D eigenvalue weighted by Crippen LogP contribution is -2.31. The summed E-state index contributed by atoms with van der Waals surface area (Å²) in [5.74, 6) is 0. The summed E-state index contributed by atoms with van der Waals surface area (Å²) in [4.78, 5) is 22.8. The zero-order valence-corrected chi connectivity index (χ0v) is 18.8. The number of nitrogens with zero attached hydrogens (tertiary/aromatic N) is 2. The number of hydrogen-bond acceptors (Lipinski definition) is 4. The molecule has 6 heteroatoms. The number of carbonyl (C=O) groups is 1. The van der Waals surface area contributed by atoms with Crippen LogP contribution in [-0.4, -0.2) is 27.5 Å². The molecule has 1 N–H and O–H groups in total. The van der Waals surface area contributed by atoms with Gasteiger partial charge in [0.2, 0.25) is 0 Å². The van der Waals surface area contributed by atoms with Crippen LogP contribution in [-0.2, 0) is 11.3 Å². The third-order valence-electron chi connectivity index (χ3n) is 6.27. The highest BCUT2D eigenvalue weighted by molar-refractivity contribution is 7.18. The molecule has 2 aromatic heterocycles. The van der Waals surface area contributed by atoms with Crippen LogP contribution in [0.2, 0.25) is 0 Å². The molecular formula is C27H23N3O2S. The summed E-state index contributed by atoms with van der Waals surface area (Å²) >= 11 is 1.68. The SMILES string of the molecule is O=C(OCc1ccccc1)N1CCC[C@H]1c1nc2ccc(-c3ccc4[nH]ccc4c3)cc2s1. The number of aromatic nitrogens is 2. The average molecular weight is 454 g/mol. The Morgan fingerprint density at radius 1 is 1.06 bits per heavy atom. The molecule has 1 aliphatic heterocycles. The molecule has 1 saturated heterocycles. The monoisotopic (exact) mass is 453 g/mol. The van der Waals surface area contributed by atoms with Gasteiger partial charge in [0.15, 0.2) is 0 Å². The Bertz CT molecular complexity index is 1440. The molecule has 0 spiro atoms. The van der Waals surface area contributed by atoms with E-state index in [2.05, 4.69) is 47.4 Å². The third kappa shape index (κ3) is 3.87. The second-order valence-electron chi connectivity index (χ2n) is 8.41. The Balaban J connectivity index is 1.23. The van der Waals surface area contributed by atoms with Gasteiger partial charge >= 0.3 is 6.09 Å². The molecular weight excluding hydrogens is 430 g/mol. The summed E-state index contributed by atoms with van der Waals surface area (Å²) in [6.07, 6.45) is 3.58. The van der Waals surface area contributed by atoms with Crippen molar-refractivity contribution in [1.82, 2.24) is 14.9 Å². The minimum absolute atomic E-state index is 0.0228. The Kier molecular flexibility index (Phi) is 5.07. The fraction of sp³-hybridized carbons (Fsp3) is 0.185. The molecule has 0 unspecified atom stereocenters. The summed E-state index contributed by atoms with van der Waals surface area (Å²) in [6, 6.07) is 24.7. The number of H-pyrrole nitrogens is 1. The van der Waals surface area contributed by atoms with Gasteiger partial charge in [0.25, 0.3) is 0 Å². The lowest BCUT2D eigenvalue weighted by Gasteiger charge is -2.22. The van der Waals surface area contributed by atoms with Gasteiger partial charge < -0.3 is 9.72 Å². The zero-order chi connectivity index (χ0) is 22.2. The van der Waals surface area contributed by atoms with Crippen molar-refractivity contribution in [2.45, 2.75) is 25.5 Å². The quantitative estimate of drug-likeness (QED) is 0.321. The van der Waals surface area contributed by atoms with E-state index in [1.54, 1.807) is 11.3 Å². The molecule has 3 aromatic carbocycles. The number of nitrogens with one attached hydrogen (secondary N) is 1.